The average molecular weight is 214 g/mol. The molecule has 1 saturated heterocycles. The number of hydrogen-bond acceptors (Lipinski definition) is 1. The number of alkyl halides is 2. The summed E-state index contributed by atoms with van der Waals surface area (Å²) in [6.07, 6.45) is 4.64. The molecule has 0 saturated carbocycles. The van der Waals surface area contributed by atoms with Crippen LogP contribution in [-0.4, -0.2) is 18.1 Å². The summed E-state index contributed by atoms with van der Waals surface area (Å²) >= 11 is 0. The van der Waals surface area contributed by atoms with E-state index in [9.17, 15) is 8.78 Å². The first-order valence-electron chi connectivity index (χ1n) is 5.40. The van der Waals surface area contributed by atoms with Crippen LogP contribution in [0, 0.1) is 5.92 Å². The molecule has 1 aliphatic rings. The minimum atomic E-state index is -2.68. The molecule has 0 aliphatic carbocycles. The highest BCUT2D eigenvalue weighted by Crippen LogP contribution is 2.36. The molecule has 0 amide bonds. The van der Waals surface area contributed by atoms with Gasteiger partial charge in [0.05, 0.1) is 0 Å². The van der Waals surface area contributed by atoms with Gasteiger partial charge >= 0.3 is 0 Å². The number of rotatable bonds is 3. The highest BCUT2D eigenvalue weighted by atomic mass is 19.3. The van der Waals surface area contributed by atoms with Gasteiger partial charge in [-0.2, -0.15) is 0 Å². The van der Waals surface area contributed by atoms with E-state index < -0.39 is 5.92 Å². The van der Waals surface area contributed by atoms with E-state index in [-0.39, 0.29) is 17.9 Å². The molecule has 1 fully saturated rings. The molecule has 0 radical (unpaired) electrons. The van der Waals surface area contributed by atoms with Gasteiger partial charge < -0.3 is 10.3 Å². The molecule has 2 N–H and O–H groups in total. The zero-order chi connectivity index (χ0) is 10.7. The summed E-state index contributed by atoms with van der Waals surface area (Å²) in [4.78, 5) is 2.68. The normalized spacial score (nSPS) is 19.3. The van der Waals surface area contributed by atoms with E-state index >= 15 is 0 Å². The topological polar surface area (TPSA) is 27.8 Å². The van der Waals surface area contributed by atoms with Crippen molar-refractivity contribution in [2.75, 3.05) is 13.1 Å². The van der Waals surface area contributed by atoms with Crippen LogP contribution in [0.25, 0.3) is 0 Å². The third-order valence-corrected chi connectivity index (χ3v) is 3.02. The number of hydrogen-bond donors (Lipinski definition) is 2. The smallest absolute Gasteiger partial charge is 0.274 e. The van der Waals surface area contributed by atoms with Crippen LogP contribution in [0.4, 0.5) is 8.78 Å². The van der Waals surface area contributed by atoms with Crippen LogP contribution in [0.3, 0.4) is 0 Å². The quantitative estimate of drug-likeness (QED) is 0.795. The molecular formula is C11H16F2N2. The summed E-state index contributed by atoms with van der Waals surface area (Å²) in [7, 11) is 0. The Bertz CT molecular complexity index is 290. The van der Waals surface area contributed by atoms with Crippen molar-refractivity contribution >= 4 is 0 Å². The Morgan fingerprint density at radius 3 is 2.67 bits per heavy atom. The maximum absolute atomic E-state index is 13.7. The molecule has 1 aromatic rings. The summed E-state index contributed by atoms with van der Waals surface area (Å²) in [5, 5.41) is 3.18. The molecule has 2 heterocycles. The Balaban J connectivity index is 1.97. The van der Waals surface area contributed by atoms with Gasteiger partial charge in [0, 0.05) is 24.4 Å². The van der Waals surface area contributed by atoms with E-state index in [1.54, 1.807) is 6.20 Å². The fourth-order valence-corrected chi connectivity index (χ4v) is 2.12. The predicted molar refractivity (Wildman–Crippen MR) is 54.9 cm³/mol. The van der Waals surface area contributed by atoms with Crippen LogP contribution in [0.15, 0.2) is 18.5 Å². The lowest BCUT2D eigenvalue weighted by Gasteiger charge is -2.26. The van der Waals surface area contributed by atoms with Gasteiger partial charge in [-0.05, 0) is 37.9 Å². The van der Waals surface area contributed by atoms with Gasteiger partial charge in [-0.25, -0.2) is 8.78 Å². The zero-order valence-electron chi connectivity index (χ0n) is 8.60. The molecule has 84 valence electrons. The van der Waals surface area contributed by atoms with Crippen LogP contribution in [0.2, 0.25) is 0 Å². The van der Waals surface area contributed by atoms with Crippen molar-refractivity contribution in [3.63, 3.8) is 0 Å². The largest absolute Gasteiger partial charge is 0.367 e. The van der Waals surface area contributed by atoms with Crippen LogP contribution >= 0.6 is 0 Å². The van der Waals surface area contributed by atoms with Gasteiger partial charge in [-0.15, -0.1) is 0 Å². The first-order chi connectivity index (χ1) is 7.18. The molecule has 0 spiro atoms. The predicted octanol–water partition coefficient (Wildman–Crippen LogP) is 2.50. The third-order valence-electron chi connectivity index (χ3n) is 3.02. The number of aromatic nitrogens is 1. The average Bonchev–Trinajstić information content (AvgIpc) is 2.71. The van der Waals surface area contributed by atoms with Crippen molar-refractivity contribution in [2.24, 2.45) is 5.92 Å². The Hall–Kier alpha value is -0.900. The fourth-order valence-electron chi connectivity index (χ4n) is 2.12. The number of H-pyrrole nitrogens is 1. The van der Waals surface area contributed by atoms with Crippen LogP contribution in [-0.2, 0) is 5.92 Å². The minimum absolute atomic E-state index is 0.0213. The summed E-state index contributed by atoms with van der Waals surface area (Å²) in [5.74, 6) is -2.53. The standard InChI is InChI=1S/C11H16F2N2/c12-11(13,10-3-6-15-8-10)7-9-1-4-14-5-2-9/h3,6,8-9,14-15H,1-2,4-5,7H2. The van der Waals surface area contributed by atoms with E-state index in [4.69, 9.17) is 0 Å². The van der Waals surface area contributed by atoms with Crippen molar-refractivity contribution < 1.29 is 8.78 Å². The highest BCUT2D eigenvalue weighted by Gasteiger charge is 2.35. The van der Waals surface area contributed by atoms with Gasteiger partial charge in [-0.1, -0.05) is 0 Å². The molecule has 15 heavy (non-hydrogen) atoms. The summed E-state index contributed by atoms with van der Waals surface area (Å²) in [5.41, 5.74) is 0.112. The lowest BCUT2D eigenvalue weighted by atomic mass is 9.90. The number of nitrogens with one attached hydrogen (secondary N) is 2. The minimum Gasteiger partial charge on any atom is -0.367 e. The molecule has 1 aromatic heterocycles. The summed E-state index contributed by atoms with van der Waals surface area (Å²) in [6.45, 7) is 1.74. The van der Waals surface area contributed by atoms with Crippen molar-refractivity contribution in [1.29, 1.82) is 0 Å². The van der Waals surface area contributed by atoms with Crippen LogP contribution in [0.5, 0.6) is 0 Å². The van der Waals surface area contributed by atoms with Gasteiger partial charge in [0.2, 0.25) is 0 Å². The van der Waals surface area contributed by atoms with Crippen LogP contribution < -0.4 is 5.32 Å². The van der Waals surface area contributed by atoms with E-state index in [1.807, 2.05) is 0 Å². The molecule has 0 atom stereocenters. The van der Waals surface area contributed by atoms with Crippen LogP contribution in [0.1, 0.15) is 24.8 Å². The lowest BCUT2D eigenvalue weighted by Crippen LogP contribution is -2.30. The highest BCUT2D eigenvalue weighted by molar-refractivity contribution is 5.15. The molecule has 0 bridgehead atoms. The lowest BCUT2D eigenvalue weighted by molar-refractivity contribution is -0.0325. The molecule has 0 aromatic carbocycles. The Morgan fingerprint density at radius 2 is 2.07 bits per heavy atom. The van der Waals surface area contributed by atoms with Crippen molar-refractivity contribution in [3.05, 3.63) is 24.0 Å². The third kappa shape index (κ3) is 2.56. The van der Waals surface area contributed by atoms with E-state index in [1.165, 1.54) is 12.3 Å². The fraction of sp³-hybridized carbons (Fsp3) is 0.636. The van der Waals surface area contributed by atoms with Gasteiger partial charge in [0.25, 0.3) is 5.92 Å². The second-order valence-electron chi connectivity index (χ2n) is 4.20. The number of aromatic amines is 1. The van der Waals surface area contributed by atoms with Gasteiger partial charge in [0.15, 0.2) is 0 Å². The number of halogens is 2. The second kappa shape index (κ2) is 4.31. The second-order valence-corrected chi connectivity index (χ2v) is 4.20. The number of piperidine rings is 1. The Morgan fingerprint density at radius 1 is 1.33 bits per heavy atom. The molecule has 1 aliphatic heterocycles. The molecule has 2 rings (SSSR count). The maximum Gasteiger partial charge on any atom is 0.274 e. The Labute approximate surface area is 88.1 Å². The monoisotopic (exact) mass is 214 g/mol. The first-order valence-corrected chi connectivity index (χ1v) is 5.40. The molecular weight excluding hydrogens is 198 g/mol. The maximum atomic E-state index is 13.7. The van der Waals surface area contributed by atoms with Crippen molar-refractivity contribution in [2.45, 2.75) is 25.2 Å². The van der Waals surface area contributed by atoms with Crippen molar-refractivity contribution in [3.8, 4) is 0 Å². The molecule has 4 heteroatoms. The zero-order valence-corrected chi connectivity index (χ0v) is 8.60. The molecule has 2 nitrogen and oxygen atoms in total. The SMILES string of the molecule is FC(F)(CC1CCNCC1)c1cc[nH]c1. The Kier molecular flexibility index (Phi) is 3.05. The van der Waals surface area contributed by atoms with Gasteiger partial charge in [-0.3, -0.25) is 0 Å². The van der Waals surface area contributed by atoms with E-state index in [2.05, 4.69) is 10.3 Å². The van der Waals surface area contributed by atoms with Gasteiger partial charge in [0.1, 0.15) is 0 Å². The summed E-state index contributed by atoms with van der Waals surface area (Å²) in [6, 6.07) is 1.46. The van der Waals surface area contributed by atoms with E-state index in [0.29, 0.717) is 0 Å². The first kappa shape index (κ1) is 10.6. The van der Waals surface area contributed by atoms with E-state index in [0.717, 1.165) is 25.9 Å². The summed E-state index contributed by atoms with van der Waals surface area (Å²) < 4.78 is 27.5. The van der Waals surface area contributed by atoms with Crippen molar-refractivity contribution in [1.82, 2.24) is 10.3 Å². The molecule has 0 unspecified atom stereocenters.